The van der Waals surface area contributed by atoms with E-state index >= 15 is 0 Å². The average molecular weight is 246 g/mol. The van der Waals surface area contributed by atoms with Crippen molar-refractivity contribution in [2.45, 2.75) is 38.6 Å². The highest BCUT2D eigenvalue weighted by Crippen LogP contribution is 2.36. The summed E-state index contributed by atoms with van der Waals surface area (Å²) in [5.41, 5.74) is 7.09. The average Bonchev–Trinajstić information content (AvgIpc) is 2.83. The van der Waals surface area contributed by atoms with Crippen molar-refractivity contribution in [3.8, 4) is 0 Å². The quantitative estimate of drug-likeness (QED) is 0.857. The van der Waals surface area contributed by atoms with Crippen molar-refractivity contribution in [1.29, 1.82) is 0 Å². The molecule has 1 atom stereocenters. The summed E-state index contributed by atoms with van der Waals surface area (Å²) in [7, 11) is 0. The molecule has 0 radical (unpaired) electrons. The van der Waals surface area contributed by atoms with Gasteiger partial charge in [-0.25, -0.2) is 0 Å². The zero-order valence-corrected chi connectivity index (χ0v) is 11.0. The van der Waals surface area contributed by atoms with E-state index in [1.54, 1.807) is 0 Å². The minimum Gasteiger partial charge on any atom is -0.354 e. The van der Waals surface area contributed by atoms with Gasteiger partial charge in [-0.05, 0) is 23.8 Å². The van der Waals surface area contributed by atoms with Crippen molar-refractivity contribution in [3.63, 3.8) is 0 Å². The highest BCUT2D eigenvalue weighted by molar-refractivity contribution is 5.82. The standard InChI is InChI=1S/C15H22N2O/c1-15(9-5-6-10-15)11-17-14(18)13(16)12-7-3-2-4-8-12/h2-4,7-8,13H,5-6,9-11,16H2,1H3,(H,17,18)/t13-/m1/s1. The summed E-state index contributed by atoms with van der Waals surface area (Å²) in [6, 6.07) is 8.95. The first-order valence-corrected chi connectivity index (χ1v) is 6.69. The summed E-state index contributed by atoms with van der Waals surface area (Å²) >= 11 is 0. The van der Waals surface area contributed by atoms with Crippen molar-refractivity contribution >= 4 is 5.91 Å². The first-order chi connectivity index (χ1) is 8.61. The summed E-state index contributed by atoms with van der Waals surface area (Å²) in [6.45, 7) is 2.99. The molecule has 18 heavy (non-hydrogen) atoms. The maximum atomic E-state index is 12.0. The van der Waals surface area contributed by atoms with Gasteiger partial charge < -0.3 is 11.1 Å². The Kier molecular flexibility index (Phi) is 4.02. The van der Waals surface area contributed by atoms with E-state index in [1.807, 2.05) is 30.3 Å². The van der Waals surface area contributed by atoms with Gasteiger partial charge in [0.25, 0.3) is 0 Å². The number of rotatable bonds is 4. The van der Waals surface area contributed by atoms with Gasteiger partial charge in [-0.15, -0.1) is 0 Å². The summed E-state index contributed by atoms with van der Waals surface area (Å²) in [5, 5.41) is 3.00. The second kappa shape index (κ2) is 5.53. The van der Waals surface area contributed by atoms with Gasteiger partial charge in [-0.1, -0.05) is 50.1 Å². The van der Waals surface area contributed by atoms with Crippen molar-refractivity contribution < 1.29 is 4.79 Å². The van der Waals surface area contributed by atoms with Crippen LogP contribution in [0.2, 0.25) is 0 Å². The second-order valence-electron chi connectivity index (χ2n) is 5.62. The second-order valence-corrected chi connectivity index (χ2v) is 5.62. The molecule has 1 aromatic carbocycles. The van der Waals surface area contributed by atoms with Crippen LogP contribution in [0.25, 0.3) is 0 Å². The van der Waals surface area contributed by atoms with E-state index in [1.165, 1.54) is 25.7 Å². The molecule has 1 fully saturated rings. The number of nitrogens with two attached hydrogens (primary N) is 1. The smallest absolute Gasteiger partial charge is 0.241 e. The molecule has 1 saturated carbocycles. The van der Waals surface area contributed by atoms with Gasteiger partial charge in [0.1, 0.15) is 6.04 Å². The van der Waals surface area contributed by atoms with Crippen LogP contribution in [0, 0.1) is 5.41 Å². The lowest BCUT2D eigenvalue weighted by molar-refractivity contribution is -0.122. The summed E-state index contributed by atoms with van der Waals surface area (Å²) in [6.07, 6.45) is 4.95. The van der Waals surface area contributed by atoms with E-state index < -0.39 is 6.04 Å². The van der Waals surface area contributed by atoms with Crippen molar-refractivity contribution in [2.75, 3.05) is 6.54 Å². The van der Waals surface area contributed by atoms with Crippen LogP contribution in [-0.2, 0) is 4.79 Å². The fourth-order valence-corrected chi connectivity index (χ4v) is 2.63. The zero-order chi connectivity index (χ0) is 13.0. The molecule has 1 aliphatic carbocycles. The van der Waals surface area contributed by atoms with Crippen LogP contribution < -0.4 is 11.1 Å². The van der Waals surface area contributed by atoms with Gasteiger partial charge in [0.05, 0.1) is 0 Å². The Bertz CT molecular complexity index is 396. The molecular weight excluding hydrogens is 224 g/mol. The van der Waals surface area contributed by atoms with E-state index in [0.717, 1.165) is 12.1 Å². The number of amides is 1. The Labute approximate surface area is 109 Å². The van der Waals surface area contributed by atoms with Crippen LogP contribution in [0.1, 0.15) is 44.2 Å². The maximum Gasteiger partial charge on any atom is 0.241 e. The Morgan fingerprint density at radius 1 is 1.33 bits per heavy atom. The first-order valence-electron chi connectivity index (χ1n) is 6.69. The Hall–Kier alpha value is -1.35. The molecule has 1 aliphatic rings. The fourth-order valence-electron chi connectivity index (χ4n) is 2.63. The topological polar surface area (TPSA) is 55.1 Å². The number of benzene rings is 1. The zero-order valence-electron chi connectivity index (χ0n) is 11.0. The van der Waals surface area contributed by atoms with Gasteiger partial charge in [0, 0.05) is 6.54 Å². The lowest BCUT2D eigenvalue weighted by Gasteiger charge is -2.24. The molecule has 0 bridgehead atoms. The molecule has 3 N–H and O–H groups in total. The van der Waals surface area contributed by atoms with Gasteiger partial charge in [-0.2, -0.15) is 0 Å². The molecule has 0 heterocycles. The van der Waals surface area contributed by atoms with E-state index in [9.17, 15) is 4.79 Å². The van der Waals surface area contributed by atoms with Crippen LogP contribution in [-0.4, -0.2) is 12.5 Å². The van der Waals surface area contributed by atoms with Crippen molar-refractivity contribution in [3.05, 3.63) is 35.9 Å². The number of carbonyl (C=O) groups excluding carboxylic acids is 1. The first kappa shape index (κ1) is 13.1. The predicted molar refractivity (Wildman–Crippen MR) is 73.0 cm³/mol. The molecule has 3 heteroatoms. The highest BCUT2D eigenvalue weighted by atomic mass is 16.2. The largest absolute Gasteiger partial charge is 0.354 e. The lowest BCUT2D eigenvalue weighted by Crippen LogP contribution is -2.39. The third kappa shape index (κ3) is 3.10. The number of nitrogens with one attached hydrogen (secondary N) is 1. The summed E-state index contributed by atoms with van der Waals surface area (Å²) in [4.78, 5) is 12.0. The molecule has 1 aromatic rings. The van der Waals surface area contributed by atoms with E-state index in [-0.39, 0.29) is 11.3 Å². The molecule has 3 nitrogen and oxygen atoms in total. The number of hydrogen-bond acceptors (Lipinski definition) is 2. The van der Waals surface area contributed by atoms with Crippen LogP contribution in [0.4, 0.5) is 0 Å². The maximum absolute atomic E-state index is 12.0. The molecule has 0 unspecified atom stereocenters. The Morgan fingerprint density at radius 2 is 1.94 bits per heavy atom. The lowest BCUT2D eigenvalue weighted by atomic mass is 9.89. The van der Waals surface area contributed by atoms with Crippen LogP contribution >= 0.6 is 0 Å². The third-order valence-corrected chi connectivity index (χ3v) is 3.94. The minimum atomic E-state index is -0.559. The number of carbonyl (C=O) groups is 1. The predicted octanol–water partition coefficient (Wildman–Crippen LogP) is 2.38. The molecule has 1 amide bonds. The van der Waals surface area contributed by atoms with Gasteiger partial charge >= 0.3 is 0 Å². The highest BCUT2D eigenvalue weighted by Gasteiger charge is 2.29. The monoisotopic (exact) mass is 246 g/mol. The van der Waals surface area contributed by atoms with Crippen molar-refractivity contribution in [1.82, 2.24) is 5.32 Å². The van der Waals surface area contributed by atoms with Crippen molar-refractivity contribution in [2.24, 2.45) is 11.1 Å². The van der Waals surface area contributed by atoms with Crippen LogP contribution in [0.3, 0.4) is 0 Å². The Balaban J connectivity index is 1.88. The Morgan fingerprint density at radius 3 is 2.56 bits per heavy atom. The summed E-state index contributed by atoms with van der Waals surface area (Å²) in [5.74, 6) is -0.0747. The SMILES string of the molecule is CC1(CNC(=O)[C@H](N)c2ccccc2)CCCC1. The molecule has 0 aromatic heterocycles. The fraction of sp³-hybridized carbons (Fsp3) is 0.533. The van der Waals surface area contributed by atoms with Crippen LogP contribution in [0.15, 0.2) is 30.3 Å². The van der Waals surface area contributed by atoms with Gasteiger partial charge in [0.15, 0.2) is 0 Å². The number of hydrogen-bond donors (Lipinski definition) is 2. The molecule has 0 spiro atoms. The van der Waals surface area contributed by atoms with E-state index in [2.05, 4.69) is 12.2 Å². The van der Waals surface area contributed by atoms with Gasteiger partial charge in [-0.3, -0.25) is 4.79 Å². The minimum absolute atomic E-state index is 0.0747. The molecule has 0 saturated heterocycles. The summed E-state index contributed by atoms with van der Waals surface area (Å²) < 4.78 is 0. The van der Waals surface area contributed by atoms with Gasteiger partial charge in [0.2, 0.25) is 5.91 Å². The molecule has 98 valence electrons. The molecular formula is C15H22N2O. The normalized spacial score (nSPS) is 19.4. The molecule has 2 rings (SSSR count). The van der Waals surface area contributed by atoms with E-state index in [0.29, 0.717) is 0 Å². The van der Waals surface area contributed by atoms with Crippen LogP contribution in [0.5, 0.6) is 0 Å². The third-order valence-electron chi connectivity index (χ3n) is 3.94. The van der Waals surface area contributed by atoms with E-state index in [4.69, 9.17) is 5.73 Å². The molecule has 0 aliphatic heterocycles.